The summed E-state index contributed by atoms with van der Waals surface area (Å²) < 4.78 is 7.16. The van der Waals surface area contributed by atoms with Gasteiger partial charge in [0.05, 0.1) is 23.7 Å². The van der Waals surface area contributed by atoms with Crippen molar-refractivity contribution in [3.63, 3.8) is 0 Å². The van der Waals surface area contributed by atoms with E-state index in [2.05, 4.69) is 4.98 Å². The second-order valence-electron chi connectivity index (χ2n) is 4.37. The van der Waals surface area contributed by atoms with E-state index in [9.17, 15) is 5.11 Å². The third-order valence-corrected chi connectivity index (χ3v) is 3.23. The predicted molar refractivity (Wildman–Crippen MR) is 74.4 cm³/mol. The Morgan fingerprint density at radius 2 is 1.95 bits per heavy atom. The monoisotopic (exact) mass is 254 g/mol. The fourth-order valence-electron chi connectivity index (χ4n) is 2.21. The smallest absolute Gasteiger partial charge is 0.144 e. The Balaban J connectivity index is 2.25. The maximum absolute atomic E-state index is 9.94. The van der Waals surface area contributed by atoms with E-state index in [1.54, 1.807) is 19.2 Å². The van der Waals surface area contributed by atoms with Crippen LogP contribution in [-0.4, -0.2) is 21.8 Å². The van der Waals surface area contributed by atoms with Gasteiger partial charge >= 0.3 is 0 Å². The van der Waals surface area contributed by atoms with Gasteiger partial charge in [-0.05, 0) is 24.3 Å². The quantitative estimate of drug-likeness (QED) is 0.764. The lowest BCUT2D eigenvalue weighted by atomic mass is 10.2. The van der Waals surface area contributed by atoms with Crippen LogP contribution in [0.2, 0.25) is 0 Å². The van der Waals surface area contributed by atoms with E-state index < -0.39 is 0 Å². The lowest BCUT2D eigenvalue weighted by Crippen LogP contribution is -1.92. The van der Waals surface area contributed by atoms with Gasteiger partial charge in [0.1, 0.15) is 17.3 Å². The zero-order valence-corrected chi connectivity index (χ0v) is 10.8. The Morgan fingerprint density at radius 3 is 2.68 bits per heavy atom. The van der Waals surface area contributed by atoms with Gasteiger partial charge in [-0.15, -0.1) is 0 Å². The van der Waals surface area contributed by atoms with Gasteiger partial charge in [0.2, 0.25) is 0 Å². The number of ether oxygens (including phenoxy) is 1. The molecule has 1 heterocycles. The van der Waals surface area contributed by atoms with Gasteiger partial charge < -0.3 is 14.4 Å². The maximum atomic E-state index is 9.94. The molecule has 0 amide bonds. The molecule has 0 radical (unpaired) electrons. The zero-order valence-electron chi connectivity index (χ0n) is 10.8. The lowest BCUT2D eigenvalue weighted by Gasteiger charge is -2.04. The third-order valence-electron chi connectivity index (χ3n) is 3.23. The van der Waals surface area contributed by atoms with E-state index in [1.807, 2.05) is 41.9 Å². The van der Waals surface area contributed by atoms with Gasteiger partial charge in [0.15, 0.2) is 0 Å². The highest BCUT2D eigenvalue weighted by atomic mass is 16.5. The van der Waals surface area contributed by atoms with Gasteiger partial charge in [0, 0.05) is 13.1 Å². The lowest BCUT2D eigenvalue weighted by molar-refractivity contribution is 0.415. The number of rotatable bonds is 2. The first-order chi connectivity index (χ1) is 9.20. The van der Waals surface area contributed by atoms with E-state index in [0.717, 1.165) is 28.2 Å². The highest BCUT2D eigenvalue weighted by molar-refractivity contribution is 5.82. The molecule has 0 spiro atoms. The Hall–Kier alpha value is -2.49. The summed E-state index contributed by atoms with van der Waals surface area (Å²) in [6, 6.07) is 12.9. The van der Waals surface area contributed by atoms with E-state index in [0.29, 0.717) is 0 Å². The molecule has 0 unspecified atom stereocenters. The summed E-state index contributed by atoms with van der Waals surface area (Å²) in [5.41, 5.74) is 2.57. The number of phenolic OH excluding ortho intramolecular Hbond substituents is 1. The van der Waals surface area contributed by atoms with Gasteiger partial charge in [-0.25, -0.2) is 4.98 Å². The SMILES string of the molecule is COc1ccc2c(c1)nc(-c1ccccc1O)n2C. The molecule has 3 aromatic rings. The Morgan fingerprint density at radius 1 is 1.16 bits per heavy atom. The molecule has 1 aromatic heterocycles. The Kier molecular flexibility index (Phi) is 2.63. The van der Waals surface area contributed by atoms with Crippen molar-refractivity contribution in [1.29, 1.82) is 0 Å². The molecule has 0 fully saturated rings. The molecular formula is C15H14N2O2. The van der Waals surface area contributed by atoms with Crippen molar-refractivity contribution in [2.24, 2.45) is 7.05 Å². The third kappa shape index (κ3) is 1.81. The summed E-state index contributed by atoms with van der Waals surface area (Å²) in [5, 5.41) is 9.94. The molecule has 2 aromatic carbocycles. The fourth-order valence-corrected chi connectivity index (χ4v) is 2.21. The van der Waals surface area contributed by atoms with Crippen molar-refractivity contribution in [1.82, 2.24) is 9.55 Å². The number of hydrogen-bond donors (Lipinski definition) is 1. The maximum Gasteiger partial charge on any atom is 0.144 e. The van der Waals surface area contributed by atoms with Crippen molar-refractivity contribution < 1.29 is 9.84 Å². The van der Waals surface area contributed by atoms with Crippen LogP contribution in [0.4, 0.5) is 0 Å². The van der Waals surface area contributed by atoms with Crippen molar-refractivity contribution in [2.45, 2.75) is 0 Å². The molecule has 96 valence electrons. The zero-order chi connectivity index (χ0) is 13.4. The number of aromatic nitrogens is 2. The molecule has 19 heavy (non-hydrogen) atoms. The van der Waals surface area contributed by atoms with Crippen LogP contribution in [0.25, 0.3) is 22.4 Å². The summed E-state index contributed by atoms with van der Waals surface area (Å²) in [6.45, 7) is 0. The highest BCUT2D eigenvalue weighted by Crippen LogP contribution is 2.31. The van der Waals surface area contributed by atoms with E-state index in [1.165, 1.54) is 0 Å². The van der Waals surface area contributed by atoms with Crippen LogP contribution < -0.4 is 4.74 Å². The van der Waals surface area contributed by atoms with E-state index in [-0.39, 0.29) is 5.75 Å². The number of phenols is 1. The van der Waals surface area contributed by atoms with Gasteiger partial charge in [-0.2, -0.15) is 0 Å². The number of benzene rings is 2. The van der Waals surface area contributed by atoms with Crippen LogP contribution in [0, 0.1) is 0 Å². The molecule has 1 N–H and O–H groups in total. The number of methoxy groups -OCH3 is 1. The molecule has 0 atom stereocenters. The average molecular weight is 254 g/mol. The summed E-state index contributed by atoms with van der Waals surface area (Å²) in [5.74, 6) is 1.74. The van der Waals surface area contributed by atoms with E-state index in [4.69, 9.17) is 4.74 Å². The molecule has 0 aliphatic carbocycles. The van der Waals surface area contributed by atoms with Crippen molar-refractivity contribution in [3.05, 3.63) is 42.5 Å². The van der Waals surface area contributed by atoms with Crippen LogP contribution >= 0.6 is 0 Å². The normalized spacial score (nSPS) is 10.8. The molecule has 0 saturated carbocycles. The topological polar surface area (TPSA) is 47.3 Å². The number of hydrogen-bond acceptors (Lipinski definition) is 3. The van der Waals surface area contributed by atoms with Crippen LogP contribution in [0.3, 0.4) is 0 Å². The number of nitrogens with zero attached hydrogens (tertiary/aromatic N) is 2. The second kappa shape index (κ2) is 4.31. The van der Waals surface area contributed by atoms with E-state index >= 15 is 0 Å². The average Bonchev–Trinajstić information content (AvgIpc) is 2.76. The highest BCUT2D eigenvalue weighted by Gasteiger charge is 2.13. The summed E-state index contributed by atoms with van der Waals surface area (Å²) in [7, 11) is 3.57. The summed E-state index contributed by atoms with van der Waals surface area (Å²) in [4.78, 5) is 4.57. The van der Waals surface area contributed by atoms with Gasteiger partial charge in [-0.1, -0.05) is 12.1 Å². The molecule has 0 aliphatic rings. The number of fused-ring (bicyclic) bond motifs is 1. The van der Waals surface area contributed by atoms with Crippen molar-refractivity contribution in [2.75, 3.05) is 7.11 Å². The summed E-state index contributed by atoms with van der Waals surface area (Å²) >= 11 is 0. The first-order valence-corrected chi connectivity index (χ1v) is 5.99. The first kappa shape index (κ1) is 11.6. The predicted octanol–water partition coefficient (Wildman–Crippen LogP) is 2.95. The van der Waals surface area contributed by atoms with Crippen LogP contribution in [0.1, 0.15) is 0 Å². The van der Waals surface area contributed by atoms with Gasteiger partial charge in [0.25, 0.3) is 0 Å². The second-order valence-corrected chi connectivity index (χ2v) is 4.37. The molecule has 0 saturated heterocycles. The largest absolute Gasteiger partial charge is 0.507 e. The van der Waals surface area contributed by atoms with Crippen LogP contribution in [0.15, 0.2) is 42.5 Å². The molecule has 4 heteroatoms. The molecule has 3 rings (SSSR count). The molecular weight excluding hydrogens is 240 g/mol. The van der Waals surface area contributed by atoms with Crippen molar-refractivity contribution >= 4 is 11.0 Å². The molecule has 0 bridgehead atoms. The molecule has 0 aliphatic heterocycles. The number of aromatic hydroxyl groups is 1. The van der Waals surface area contributed by atoms with Gasteiger partial charge in [-0.3, -0.25) is 0 Å². The molecule has 4 nitrogen and oxygen atoms in total. The number of imidazole rings is 1. The Bertz CT molecular complexity index is 747. The Labute approximate surface area is 110 Å². The standard InChI is InChI=1S/C15H14N2O2/c1-17-13-8-7-10(19-2)9-12(13)16-15(17)11-5-3-4-6-14(11)18/h3-9,18H,1-2H3. The number of aryl methyl sites for hydroxylation is 1. The minimum Gasteiger partial charge on any atom is -0.507 e. The fraction of sp³-hybridized carbons (Fsp3) is 0.133. The number of para-hydroxylation sites is 1. The van der Waals surface area contributed by atoms with Crippen LogP contribution in [0.5, 0.6) is 11.5 Å². The minimum atomic E-state index is 0.230. The minimum absolute atomic E-state index is 0.230. The van der Waals surface area contributed by atoms with Crippen molar-refractivity contribution in [3.8, 4) is 22.9 Å². The summed E-state index contributed by atoms with van der Waals surface area (Å²) in [6.07, 6.45) is 0. The first-order valence-electron chi connectivity index (χ1n) is 5.99. The van der Waals surface area contributed by atoms with Crippen LogP contribution in [-0.2, 0) is 7.05 Å².